The van der Waals surface area contributed by atoms with Crippen molar-refractivity contribution in [2.75, 3.05) is 7.11 Å². The molecule has 2 aromatic carbocycles. The molecule has 0 aliphatic heterocycles. The fourth-order valence-corrected chi connectivity index (χ4v) is 2.29. The van der Waals surface area contributed by atoms with Crippen LogP contribution in [0.4, 0.5) is 0 Å². The van der Waals surface area contributed by atoms with Crippen LogP contribution < -0.4 is 4.74 Å². The Morgan fingerprint density at radius 2 is 1.82 bits per heavy atom. The van der Waals surface area contributed by atoms with Crippen molar-refractivity contribution in [2.45, 2.75) is 0 Å². The average Bonchev–Trinajstić information content (AvgIpc) is 2.72. The van der Waals surface area contributed by atoms with Gasteiger partial charge in [-0.05, 0) is 12.1 Å². The molecule has 0 unspecified atom stereocenters. The molecule has 0 N–H and O–H groups in total. The first-order valence-corrected chi connectivity index (χ1v) is 5.37. The Morgan fingerprint density at radius 1 is 1.06 bits per heavy atom. The second-order valence-electron chi connectivity index (χ2n) is 3.85. The number of carbonyl (C=O) groups is 1. The molecule has 1 heterocycles. The van der Waals surface area contributed by atoms with Gasteiger partial charge in [0.2, 0.25) is 6.41 Å². The largest absolute Gasteiger partial charge is 0.495 e. The van der Waals surface area contributed by atoms with Gasteiger partial charge in [0.15, 0.2) is 0 Å². The van der Waals surface area contributed by atoms with Crippen molar-refractivity contribution in [3.8, 4) is 5.75 Å². The molecule has 0 aliphatic carbocycles. The highest BCUT2D eigenvalue weighted by atomic mass is 16.5. The third-order valence-corrected chi connectivity index (χ3v) is 3.02. The normalized spacial score (nSPS) is 10.9. The van der Waals surface area contributed by atoms with E-state index >= 15 is 0 Å². The molecule has 0 fully saturated rings. The minimum atomic E-state index is 0.714. The first-order valence-electron chi connectivity index (χ1n) is 5.37. The quantitative estimate of drug-likeness (QED) is 0.628. The highest BCUT2D eigenvalue weighted by Gasteiger charge is 2.12. The van der Waals surface area contributed by atoms with Crippen molar-refractivity contribution in [1.82, 2.24) is 4.57 Å². The third kappa shape index (κ3) is 1.25. The van der Waals surface area contributed by atoms with Gasteiger partial charge in [0.05, 0.1) is 18.1 Å². The van der Waals surface area contributed by atoms with Crippen LogP contribution in [0.1, 0.15) is 0 Å². The van der Waals surface area contributed by atoms with Gasteiger partial charge in [0.25, 0.3) is 0 Å². The fraction of sp³-hybridized carbons (Fsp3) is 0.0714. The Bertz CT molecular complexity index is 713. The summed E-state index contributed by atoms with van der Waals surface area (Å²) in [6.07, 6.45) is 0.827. The molecule has 3 rings (SSSR count). The van der Waals surface area contributed by atoms with Crippen LogP contribution in [0.5, 0.6) is 5.75 Å². The maximum atomic E-state index is 11.3. The Kier molecular flexibility index (Phi) is 2.11. The van der Waals surface area contributed by atoms with Gasteiger partial charge in [-0.2, -0.15) is 0 Å². The van der Waals surface area contributed by atoms with Crippen LogP contribution in [0.2, 0.25) is 0 Å². The molecular weight excluding hydrogens is 214 g/mol. The van der Waals surface area contributed by atoms with Crippen LogP contribution in [0, 0.1) is 0 Å². The summed E-state index contributed by atoms with van der Waals surface area (Å²) in [5.74, 6) is 0.714. The lowest BCUT2D eigenvalue weighted by molar-refractivity contribution is 0.418. The van der Waals surface area contributed by atoms with Gasteiger partial charge < -0.3 is 4.74 Å². The number of hydrogen-bond acceptors (Lipinski definition) is 2. The molecule has 1 aromatic heterocycles. The van der Waals surface area contributed by atoms with Crippen molar-refractivity contribution < 1.29 is 9.53 Å². The van der Waals surface area contributed by atoms with Crippen molar-refractivity contribution in [1.29, 1.82) is 0 Å². The monoisotopic (exact) mass is 225 g/mol. The standard InChI is InChI=1S/C14H11NO2/c1-17-13-8-4-6-11-10-5-2-3-7-12(10)15(9-16)14(11)13/h2-9H,1H3. The van der Waals surface area contributed by atoms with Crippen LogP contribution in [0.25, 0.3) is 21.8 Å². The van der Waals surface area contributed by atoms with E-state index in [0.717, 1.165) is 28.2 Å². The Morgan fingerprint density at radius 3 is 2.59 bits per heavy atom. The number of ether oxygens (including phenoxy) is 1. The molecule has 0 amide bonds. The predicted molar refractivity (Wildman–Crippen MR) is 68.1 cm³/mol. The van der Waals surface area contributed by atoms with Gasteiger partial charge in [0.1, 0.15) is 5.75 Å². The molecule has 0 atom stereocenters. The summed E-state index contributed by atoms with van der Waals surface area (Å²) < 4.78 is 6.95. The second-order valence-corrected chi connectivity index (χ2v) is 3.85. The van der Waals surface area contributed by atoms with Gasteiger partial charge in [-0.1, -0.05) is 30.3 Å². The lowest BCUT2D eigenvalue weighted by Crippen LogP contribution is -1.95. The number of rotatable bonds is 2. The number of hydrogen-bond donors (Lipinski definition) is 0. The second kappa shape index (κ2) is 3.63. The van der Waals surface area contributed by atoms with Gasteiger partial charge in [-0.25, -0.2) is 0 Å². The smallest absolute Gasteiger partial charge is 0.218 e. The predicted octanol–water partition coefficient (Wildman–Crippen LogP) is 2.84. The molecule has 3 nitrogen and oxygen atoms in total. The number of fused-ring (bicyclic) bond motifs is 3. The van der Waals surface area contributed by atoms with Crippen LogP contribution in [-0.4, -0.2) is 18.1 Å². The Hall–Kier alpha value is -2.29. The van der Waals surface area contributed by atoms with Crippen LogP contribution >= 0.6 is 0 Å². The van der Waals surface area contributed by atoms with E-state index in [2.05, 4.69) is 0 Å². The summed E-state index contributed by atoms with van der Waals surface area (Å²) in [5, 5.41) is 2.10. The minimum Gasteiger partial charge on any atom is -0.495 e. The van der Waals surface area contributed by atoms with Gasteiger partial charge in [-0.3, -0.25) is 9.36 Å². The molecule has 0 radical (unpaired) electrons. The van der Waals surface area contributed by atoms with E-state index < -0.39 is 0 Å². The third-order valence-electron chi connectivity index (χ3n) is 3.02. The van der Waals surface area contributed by atoms with E-state index in [1.807, 2.05) is 42.5 Å². The number of aromatic nitrogens is 1. The summed E-state index contributed by atoms with van der Waals surface area (Å²) in [4.78, 5) is 11.3. The number of para-hydroxylation sites is 2. The molecule has 0 saturated heterocycles. The Labute approximate surface area is 98.2 Å². The highest BCUT2D eigenvalue weighted by Crippen LogP contribution is 2.33. The Balaban J connectivity index is 2.63. The molecule has 17 heavy (non-hydrogen) atoms. The molecule has 3 heteroatoms. The minimum absolute atomic E-state index is 0.714. The fourth-order valence-electron chi connectivity index (χ4n) is 2.29. The summed E-state index contributed by atoms with van der Waals surface area (Å²) in [6, 6.07) is 13.6. The summed E-state index contributed by atoms with van der Waals surface area (Å²) in [5.41, 5.74) is 1.73. The van der Waals surface area contributed by atoms with E-state index in [9.17, 15) is 4.79 Å². The zero-order valence-electron chi connectivity index (χ0n) is 9.38. The average molecular weight is 225 g/mol. The summed E-state index contributed by atoms with van der Waals surface area (Å²) in [6.45, 7) is 0. The number of carbonyl (C=O) groups excluding carboxylic acids is 1. The highest BCUT2D eigenvalue weighted by molar-refractivity contribution is 6.12. The SMILES string of the molecule is COc1cccc2c3ccccc3n(C=O)c12. The molecule has 84 valence electrons. The van der Waals surface area contributed by atoms with Gasteiger partial charge in [-0.15, -0.1) is 0 Å². The zero-order chi connectivity index (χ0) is 11.8. The van der Waals surface area contributed by atoms with Crippen molar-refractivity contribution in [3.63, 3.8) is 0 Å². The molecular formula is C14H11NO2. The number of methoxy groups -OCH3 is 1. The topological polar surface area (TPSA) is 31.2 Å². The molecule has 0 saturated carbocycles. The van der Waals surface area contributed by atoms with E-state index in [4.69, 9.17) is 4.74 Å². The molecule has 0 spiro atoms. The molecule has 3 aromatic rings. The van der Waals surface area contributed by atoms with E-state index in [1.165, 1.54) is 0 Å². The van der Waals surface area contributed by atoms with Gasteiger partial charge in [0, 0.05) is 10.8 Å². The van der Waals surface area contributed by atoms with Crippen LogP contribution in [0.15, 0.2) is 42.5 Å². The molecule has 0 bridgehead atoms. The van der Waals surface area contributed by atoms with E-state index in [1.54, 1.807) is 11.7 Å². The lowest BCUT2D eigenvalue weighted by atomic mass is 10.1. The van der Waals surface area contributed by atoms with Gasteiger partial charge >= 0.3 is 0 Å². The maximum Gasteiger partial charge on any atom is 0.218 e. The maximum absolute atomic E-state index is 11.3. The van der Waals surface area contributed by atoms with Crippen molar-refractivity contribution in [2.24, 2.45) is 0 Å². The van der Waals surface area contributed by atoms with Crippen molar-refractivity contribution >= 4 is 28.2 Å². The van der Waals surface area contributed by atoms with E-state index in [-0.39, 0.29) is 0 Å². The summed E-state index contributed by atoms with van der Waals surface area (Å²) in [7, 11) is 1.61. The first kappa shape index (κ1) is 9.90. The van der Waals surface area contributed by atoms with Crippen LogP contribution in [0.3, 0.4) is 0 Å². The zero-order valence-corrected chi connectivity index (χ0v) is 9.38. The number of nitrogens with zero attached hydrogens (tertiary/aromatic N) is 1. The summed E-state index contributed by atoms with van der Waals surface area (Å²) >= 11 is 0. The first-order chi connectivity index (χ1) is 8.36. The lowest BCUT2D eigenvalue weighted by Gasteiger charge is -2.03. The number of benzene rings is 2. The molecule has 0 aliphatic rings. The van der Waals surface area contributed by atoms with Crippen molar-refractivity contribution in [3.05, 3.63) is 42.5 Å². The van der Waals surface area contributed by atoms with E-state index in [0.29, 0.717) is 5.75 Å². The van der Waals surface area contributed by atoms with Crippen LogP contribution in [-0.2, 0) is 4.79 Å².